The number of fused-ring (bicyclic) bond motifs is 1. The summed E-state index contributed by atoms with van der Waals surface area (Å²) >= 11 is 3.37. The van der Waals surface area contributed by atoms with Crippen molar-refractivity contribution in [2.24, 2.45) is 0 Å². The average molecular weight is 268 g/mol. The molecule has 0 bridgehead atoms. The van der Waals surface area contributed by atoms with Crippen LogP contribution in [0.4, 0.5) is 0 Å². The first-order valence-electron chi connectivity index (χ1n) is 5.59. The van der Waals surface area contributed by atoms with Crippen LogP contribution < -0.4 is 5.32 Å². The monoisotopic (exact) mass is 267 g/mol. The lowest BCUT2D eigenvalue weighted by Crippen LogP contribution is -2.39. The summed E-state index contributed by atoms with van der Waals surface area (Å²) in [6.07, 6.45) is 7.47. The van der Waals surface area contributed by atoms with Gasteiger partial charge in [0, 0.05) is 12.0 Å². The second-order valence-electron chi connectivity index (χ2n) is 4.72. The highest BCUT2D eigenvalue weighted by molar-refractivity contribution is 9.12. The molecule has 3 rings (SSSR count). The normalized spacial score (nSPS) is 35.0. The molecule has 0 aromatic rings. The largest absolute Gasteiger partial charge is 0.307 e. The van der Waals surface area contributed by atoms with E-state index < -0.39 is 0 Å². The summed E-state index contributed by atoms with van der Waals surface area (Å²) in [6, 6.07) is 0. The average Bonchev–Trinajstić information content (AvgIpc) is 2.80. The first-order valence-corrected chi connectivity index (χ1v) is 6.38. The first kappa shape index (κ1) is 9.79. The van der Waals surface area contributed by atoms with Gasteiger partial charge in [-0.2, -0.15) is 0 Å². The molecular formula is C12H14BrNO. The van der Waals surface area contributed by atoms with Crippen molar-refractivity contribution in [2.45, 2.75) is 37.6 Å². The molecule has 1 N–H and O–H groups in total. The van der Waals surface area contributed by atoms with Crippen LogP contribution in [0.25, 0.3) is 0 Å². The molecular weight excluding hydrogens is 254 g/mol. The Bertz CT molecular complexity index is 388. The van der Waals surface area contributed by atoms with Gasteiger partial charge in [-0.25, -0.2) is 0 Å². The molecule has 0 aromatic carbocycles. The van der Waals surface area contributed by atoms with E-state index in [0.717, 1.165) is 17.4 Å². The highest BCUT2D eigenvalue weighted by atomic mass is 79.9. The molecule has 1 unspecified atom stereocenters. The number of carbonyl (C=O) groups is 1. The van der Waals surface area contributed by atoms with Gasteiger partial charge in [0.1, 0.15) is 0 Å². The molecule has 1 heterocycles. The Kier molecular flexibility index (Phi) is 2.15. The maximum Gasteiger partial charge on any atom is 0.173 e. The molecule has 3 heteroatoms. The molecule has 1 atom stereocenters. The van der Waals surface area contributed by atoms with E-state index in [1.54, 1.807) is 0 Å². The maximum absolute atomic E-state index is 11.6. The highest BCUT2D eigenvalue weighted by Crippen LogP contribution is 2.46. The fourth-order valence-electron chi connectivity index (χ4n) is 3.13. The SMILES string of the molecule is O=C1CC2=C(C=C1Br)C1(CCCN1)CC2. The molecule has 80 valence electrons. The fourth-order valence-corrected chi connectivity index (χ4v) is 3.50. The van der Waals surface area contributed by atoms with Crippen molar-refractivity contribution in [3.05, 3.63) is 21.7 Å². The van der Waals surface area contributed by atoms with E-state index in [0.29, 0.717) is 6.42 Å². The lowest BCUT2D eigenvalue weighted by Gasteiger charge is -2.27. The maximum atomic E-state index is 11.6. The van der Waals surface area contributed by atoms with E-state index in [2.05, 4.69) is 27.3 Å². The van der Waals surface area contributed by atoms with E-state index in [-0.39, 0.29) is 11.3 Å². The minimum atomic E-state index is 0.217. The standard InChI is InChI=1S/C12H14BrNO/c13-10-7-9-8(6-11(10)15)2-4-12(9)3-1-5-14-12/h7,14H,1-6H2. The van der Waals surface area contributed by atoms with Gasteiger partial charge in [-0.05, 0) is 59.8 Å². The van der Waals surface area contributed by atoms with E-state index in [1.807, 2.05) is 0 Å². The zero-order chi connectivity index (χ0) is 10.5. The van der Waals surface area contributed by atoms with Crippen LogP contribution in [0.2, 0.25) is 0 Å². The van der Waals surface area contributed by atoms with Crippen LogP contribution in [0.5, 0.6) is 0 Å². The molecule has 15 heavy (non-hydrogen) atoms. The van der Waals surface area contributed by atoms with Crippen LogP contribution in [0.3, 0.4) is 0 Å². The van der Waals surface area contributed by atoms with Crippen LogP contribution in [-0.4, -0.2) is 17.9 Å². The summed E-state index contributed by atoms with van der Waals surface area (Å²) in [6.45, 7) is 1.12. The van der Waals surface area contributed by atoms with E-state index in [1.165, 1.54) is 30.4 Å². The van der Waals surface area contributed by atoms with Gasteiger partial charge >= 0.3 is 0 Å². The second-order valence-corrected chi connectivity index (χ2v) is 5.58. The van der Waals surface area contributed by atoms with Crippen molar-refractivity contribution in [3.8, 4) is 0 Å². The van der Waals surface area contributed by atoms with Crippen molar-refractivity contribution in [1.29, 1.82) is 0 Å². The second kappa shape index (κ2) is 3.29. The molecule has 0 aromatic heterocycles. The van der Waals surface area contributed by atoms with Gasteiger partial charge in [0.25, 0.3) is 0 Å². The molecule has 1 aliphatic heterocycles. The minimum Gasteiger partial charge on any atom is -0.307 e. The number of hydrogen-bond donors (Lipinski definition) is 1. The highest BCUT2D eigenvalue weighted by Gasteiger charge is 2.43. The Hall–Kier alpha value is -0.410. The number of Topliss-reactive ketones (excluding diaryl/α,β-unsaturated/α-hetero) is 1. The van der Waals surface area contributed by atoms with E-state index >= 15 is 0 Å². The summed E-state index contributed by atoms with van der Waals surface area (Å²) < 4.78 is 0.760. The van der Waals surface area contributed by atoms with Crippen molar-refractivity contribution in [3.63, 3.8) is 0 Å². The summed E-state index contributed by atoms with van der Waals surface area (Å²) in [4.78, 5) is 11.6. The number of carbonyl (C=O) groups excluding carboxylic acids is 1. The molecule has 1 saturated heterocycles. The van der Waals surface area contributed by atoms with Gasteiger partial charge in [0.05, 0.1) is 4.48 Å². The summed E-state index contributed by atoms with van der Waals surface area (Å²) in [5.41, 5.74) is 3.00. The van der Waals surface area contributed by atoms with Crippen LogP contribution in [0, 0.1) is 0 Å². The van der Waals surface area contributed by atoms with Crippen LogP contribution in [0.1, 0.15) is 32.1 Å². The molecule has 2 nitrogen and oxygen atoms in total. The number of nitrogens with one attached hydrogen (secondary N) is 1. The zero-order valence-electron chi connectivity index (χ0n) is 8.61. The lowest BCUT2D eigenvalue weighted by molar-refractivity contribution is -0.114. The molecule has 0 saturated carbocycles. The fraction of sp³-hybridized carbons (Fsp3) is 0.583. The Morgan fingerprint density at radius 3 is 3.00 bits per heavy atom. The quantitative estimate of drug-likeness (QED) is 0.731. The molecule has 3 aliphatic rings. The van der Waals surface area contributed by atoms with Crippen LogP contribution >= 0.6 is 15.9 Å². The van der Waals surface area contributed by atoms with Crippen molar-refractivity contribution in [2.75, 3.05) is 6.54 Å². The van der Waals surface area contributed by atoms with Crippen molar-refractivity contribution in [1.82, 2.24) is 5.32 Å². The number of ketones is 1. The van der Waals surface area contributed by atoms with E-state index in [9.17, 15) is 4.79 Å². The molecule has 1 fully saturated rings. The van der Waals surface area contributed by atoms with Gasteiger partial charge in [-0.15, -0.1) is 0 Å². The number of hydrogen-bond acceptors (Lipinski definition) is 2. The van der Waals surface area contributed by atoms with Gasteiger partial charge in [-0.3, -0.25) is 4.79 Å². The first-order chi connectivity index (χ1) is 7.21. The Balaban J connectivity index is 2.03. The molecule has 0 amide bonds. The van der Waals surface area contributed by atoms with Crippen molar-refractivity contribution < 1.29 is 4.79 Å². The van der Waals surface area contributed by atoms with Gasteiger partial charge in [0.15, 0.2) is 5.78 Å². The molecule has 0 radical (unpaired) electrons. The van der Waals surface area contributed by atoms with Crippen LogP contribution in [-0.2, 0) is 4.79 Å². The molecule has 2 aliphatic carbocycles. The number of rotatable bonds is 0. The number of allylic oxidation sites excluding steroid dienone is 2. The van der Waals surface area contributed by atoms with Crippen LogP contribution in [0.15, 0.2) is 21.7 Å². The topological polar surface area (TPSA) is 29.1 Å². The Morgan fingerprint density at radius 2 is 2.27 bits per heavy atom. The van der Waals surface area contributed by atoms with Gasteiger partial charge in [-0.1, -0.05) is 5.57 Å². The predicted molar refractivity (Wildman–Crippen MR) is 62.9 cm³/mol. The van der Waals surface area contributed by atoms with E-state index in [4.69, 9.17) is 0 Å². The van der Waals surface area contributed by atoms with Crippen molar-refractivity contribution >= 4 is 21.7 Å². The Morgan fingerprint density at radius 1 is 1.40 bits per heavy atom. The predicted octanol–water partition coefficient (Wildman–Crippen LogP) is 2.45. The third-order valence-corrected chi connectivity index (χ3v) is 4.58. The number of halogens is 1. The zero-order valence-corrected chi connectivity index (χ0v) is 10.2. The smallest absolute Gasteiger partial charge is 0.173 e. The molecule has 1 spiro atoms. The third kappa shape index (κ3) is 1.36. The summed E-state index contributed by atoms with van der Waals surface area (Å²) in [5.74, 6) is 0.240. The third-order valence-electron chi connectivity index (χ3n) is 3.91. The summed E-state index contributed by atoms with van der Waals surface area (Å²) in [7, 11) is 0. The Labute approximate surface area is 97.9 Å². The van der Waals surface area contributed by atoms with Gasteiger partial charge in [0.2, 0.25) is 0 Å². The lowest BCUT2D eigenvalue weighted by atomic mass is 9.86. The van der Waals surface area contributed by atoms with Gasteiger partial charge < -0.3 is 5.32 Å². The summed E-state index contributed by atoms with van der Waals surface area (Å²) in [5, 5.41) is 3.63. The minimum absolute atomic E-state index is 0.217.